The predicted octanol–water partition coefficient (Wildman–Crippen LogP) is 2.29. The van der Waals surface area contributed by atoms with Crippen molar-refractivity contribution in [1.29, 1.82) is 0 Å². The molecule has 1 saturated carbocycles. The van der Waals surface area contributed by atoms with Crippen molar-refractivity contribution in [2.24, 2.45) is 5.92 Å². The first kappa shape index (κ1) is 18.0. The molecule has 1 N–H and O–H groups in total. The molecule has 0 saturated heterocycles. The Bertz CT molecular complexity index is 638. The monoisotopic (exact) mass is 342 g/mol. The van der Waals surface area contributed by atoms with E-state index in [-0.39, 0.29) is 11.8 Å². The van der Waals surface area contributed by atoms with Gasteiger partial charge in [0.25, 0.3) is 0 Å². The van der Waals surface area contributed by atoms with E-state index in [9.17, 15) is 13.2 Å². The number of hydrogen-bond donors (Lipinski definition) is 1. The smallest absolute Gasteiger partial charge is 0.238 e. The van der Waals surface area contributed by atoms with Gasteiger partial charge in [-0.3, -0.25) is 4.79 Å². The lowest BCUT2D eigenvalue weighted by Gasteiger charge is -2.27. The van der Waals surface area contributed by atoms with Crippen molar-refractivity contribution >= 4 is 15.7 Å². The number of sulfone groups is 1. The van der Waals surface area contributed by atoms with Crippen LogP contribution in [0.4, 0.5) is 0 Å². The van der Waals surface area contributed by atoms with Crippen molar-refractivity contribution in [2.75, 3.05) is 0 Å². The van der Waals surface area contributed by atoms with Gasteiger partial charge in [-0.1, -0.05) is 12.1 Å². The lowest BCUT2D eigenvalue weighted by Crippen LogP contribution is -2.44. The van der Waals surface area contributed by atoms with Gasteiger partial charge in [0.15, 0.2) is 9.84 Å². The summed E-state index contributed by atoms with van der Waals surface area (Å²) in [4.78, 5) is 12.3. The number of carbonyl (C=O) groups excluding carboxylic acids is 1. The van der Waals surface area contributed by atoms with Crippen LogP contribution in [0.2, 0.25) is 0 Å². The summed E-state index contributed by atoms with van der Waals surface area (Å²) in [6.45, 7) is 7.04. The van der Waals surface area contributed by atoms with E-state index in [1.165, 1.54) is 6.92 Å². The quantitative estimate of drug-likeness (QED) is 0.887. The van der Waals surface area contributed by atoms with Crippen LogP contribution in [0.3, 0.4) is 0 Å². The van der Waals surface area contributed by atoms with Crippen LogP contribution >= 0.6 is 0 Å². The van der Waals surface area contributed by atoms with Gasteiger partial charge in [0.2, 0.25) is 5.91 Å². The Morgan fingerprint density at radius 3 is 2.43 bits per heavy atom. The van der Waals surface area contributed by atoms with Crippen molar-refractivity contribution in [2.45, 2.75) is 70.4 Å². The summed E-state index contributed by atoms with van der Waals surface area (Å²) in [7, 11) is -3.60. The third kappa shape index (κ3) is 4.34. The van der Waals surface area contributed by atoms with Crippen molar-refractivity contribution < 1.29 is 17.7 Å². The van der Waals surface area contributed by atoms with Crippen LogP contribution in [0.15, 0.2) is 4.52 Å². The zero-order valence-electron chi connectivity index (χ0n) is 14.3. The van der Waals surface area contributed by atoms with Crippen molar-refractivity contribution in [3.8, 4) is 0 Å². The summed E-state index contributed by atoms with van der Waals surface area (Å²) < 4.78 is 30.0. The molecule has 130 valence electrons. The molecule has 0 unspecified atom stereocenters. The van der Waals surface area contributed by atoms with E-state index in [1.54, 1.807) is 13.8 Å². The van der Waals surface area contributed by atoms with Gasteiger partial charge in [-0.25, -0.2) is 8.42 Å². The Labute approximate surface area is 137 Å². The SMILES string of the molecule is Cc1noc(C)c1CS(=O)(=O)[C@H](C)C(=O)NC1CCC(C)CC1. The number of aryl methyl sites for hydroxylation is 2. The number of rotatable bonds is 5. The second-order valence-electron chi connectivity index (χ2n) is 6.72. The third-order valence-corrected chi connectivity index (χ3v) is 6.78. The molecule has 1 fully saturated rings. The fourth-order valence-electron chi connectivity index (χ4n) is 2.92. The highest BCUT2D eigenvalue weighted by molar-refractivity contribution is 7.92. The zero-order valence-corrected chi connectivity index (χ0v) is 15.1. The summed E-state index contributed by atoms with van der Waals surface area (Å²) in [5.41, 5.74) is 1.11. The maximum Gasteiger partial charge on any atom is 0.238 e. The number of aromatic nitrogens is 1. The van der Waals surface area contributed by atoms with Crippen LogP contribution in [0.5, 0.6) is 0 Å². The Morgan fingerprint density at radius 1 is 1.30 bits per heavy atom. The zero-order chi connectivity index (χ0) is 17.2. The van der Waals surface area contributed by atoms with Gasteiger partial charge in [-0.05, 0) is 52.4 Å². The molecular weight excluding hydrogens is 316 g/mol. The van der Waals surface area contributed by atoms with Crippen LogP contribution in [0.1, 0.15) is 56.5 Å². The number of carbonyl (C=O) groups is 1. The molecule has 1 atom stereocenters. The molecule has 1 heterocycles. The van der Waals surface area contributed by atoms with Crippen LogP contribution in [-0.2, 0) is 20.4 Å². The lowest BCUT2D eigenvalue weighted by atomic mass is 9.87. The van der Waals surface area contributed by atoms with Crippen molar-refractivity contribution in [1.82, 2.24) is 10.5 Å². The van der Waals surface area contributed by atoms with Gasteiger partial charge in [-0.2, -0.15) is 0 Å². The molecule has 1 aliphatic rings. The van der Waals surface area contributed by atoms with Gasteiger partial charge in [0.1, 0.15) is 11.0 Å². The molecule has 0 radical (unpaired) electrons. The molecule has 0 aliphatic heterocycles. The number of amides is 1. The normalized spacial score (nSPS) is 23.5. The van der Waals surface area contributed by atoms with E-state index in [0.29, 0.717) is 22.9 Å². The predicted molar refractivity (Wildman–Crippen MR) is 87.6 cm³/mol. The average Bonchev–Trinajstić information content (AvgIpc) is 2.80. The highest BCUT2D eigenvalue weighted by atomic mass is 32.2. The van der Waals surface area contributed by atoms with E-state index >= 15 is 0 Å². The van der Waals surface area contributed by atoms with E-state index in [1.807, 2.05) is 0 Å². The molecule has 0 bridgehead atoms. The van der Waals surface area contributed by atoms with Gasteiger partial charge in [-0.15, -0.1) is 0 Å². The summed E-state index contributed by atoms with van der Waals surface area (Å²) in [6, 6.07) is 0.0930. The third-order valence-electron chi connectivity index (χ3n) is 4.80. The van der Waals surface area contributed by atoms with Crippen LogP contribution in [-0.4, -0.2) is 30.8 Å². The highest BCUT2D eigenvalue weighted by Crippen LogP contribution is 2.24. The van der Waals surface area contributed by atoms with Gasteiger partial charge < -0.3 is 9.84 Å². The summed E-state index contributed by atoms with van der Waals surface area (Å²) in [5.74, 6) is 0.546. The van der Waals surface area contributed by atoms with Crippen molar-refractivity contribution in [3.63, 3.8) is 0 Å². The summed E-state index contributed by atoms with van der Waals surface area (Å²) in [6.07, 6.45) is 3.99. The first-order chi connectivity index (χ1) is 10.7. The average molecular weight is 342 g/mol. The molecule has 0 spiro atoms. The minimum atomic E-state index is -3.60. The Morgan fingerprint density at radius 2 is 1.91 bits per heavy atom. The number of nitrogens with one attached hydrogen (secondary N) is 1. The van der Waals surface area contributed by atoms with E-state index < -0.39 is 21.0 Å². The number of hydrogen-bond acceptors (Lipinski definition) is 5. The van der Waals surface area contributed by atoms with E-state index in [2.05, 4.69) is 17.4 Å². The van der Waals surface area contributed by atoms with Crippen LogP contribution in [0.25, 0.3) is 0 Å². The van der Waals surface area contributed by atoms with Crippen molar-refractivity contribution in [3.05, 3.63) is 17.0 Å². The first-order valence-corrected chi connectivity index (χ1v) is 9.86. The second kappa shape index (κ2) is 7.03. The summed E-state index contributed by atoms with van der Waals surface area (Å²) >= 11 is 0. The Hall–Kier alpha value is -1.37. The lowest BCUT2D eigenvalue weighted by molar-refractivity contribution is -0.121. The molecule has 7 heteroatoms. The van der Waals surface area contributed by atoms with Gasteiger partial charge in [0.05, 0.1) is 11.4 Å². The molecule has 1 aromatic rings. The molecule has 0 aromatic carbocycles. The fourth-order valence-corrected chi connectivity index (χ4v) is 4.38. The first-order valence-electron chi connectivity index (χ1n) is 8.14. The topological polar surface area (TPSA) is 89.3 Å². The van der Waals surface area contributed by atoms with Gasteiger partial charge in [0, 0.05) is 11.6 Å². The number of nitrogens with zero attached hydrogens (tertiary/aromatic N) is 1. The highest BCUT2D eigenvalue weighted by Gasteiger charge is 2.32. The van der Waals surface area contributed by atoms with Crippen LogP contribution in [0, 0.1) is 19.8 Å². The molecule has 1 aromatic heterocycles. The Balaban J connectivity index is 2.00. The molecule has 2 rings (SSSR count). The van der Waals surface area contributed by atoms with E-state index in [4.69, 9.17) is 4.52 Å². The Kier molecular flexibility index (Phi) is 5.49. The van der Waals surface area contributed by atoms with Gasteiger partial charge >= 0.3 is 0 Å². The van der Waals surface area contributed by atoms with Crippen LogP contribution < -0.4 is 5.32 Å². The maximum absolute atomic E-state index is 12.5. The minimum Gasteiger partial charge on any atom is -0.361 e. The summed E-state index contributed by atoms with van der Waals surface area (Å²) in [5, 5.41) is 5.59. The molecule has 23 heavy (non-hydrogen) atoms. The molecular formula is C16H26N2O4S. The molecule has 1 aliphatic carbocycles. The second-order valence-corrected chi connectivity index (χ2v) is 9.04. The van der Waals surface area contributed by atoms with E-state index in [0.717, 1.165) is 25.7 Å². The molecule has 6 nitrogen and oxygen atoms in total. The molecule has 1 amide bonds. The minimum absolute atomic E-state index is 0.0930. The fraction of sp³-hybridized carbons (Fsp3) is 0.750. The largest absolute Gasteiger partial charge is 0.361 e. The maximum atomic E-state index is 12.5. The standard InChI is InChI=1S/C16H26N2O4S/c1-10-5-7-14(8-6-10)17-16(19)13(4)23(20,21)9-15-11(2)18-22-12(15)3/h10,13-14H,5-9H2,1-4H3,(H,17,19)/t10?,13-,14?/m1/s1.